The molecule has 7 nitrogen and oxygen atoms in total. The molecule has 8 heteroatoms. The zero-order valence-electron chi connectivity index (χ0n) is 14.3. The minimum Gasteiger partial charge on any atom is -0.402 e. The lowest BCUT2D eigenvalue weighted by molar-refractivity contribution is -0.115. The Hall–Kier alpha value is -2.85. The number of amides is 2. The Labute approximate surface area is 156 Å². The van der Waals surface area contributed by atoms with E-state index in [2.05, 4.69) is 10.3 Å². The van der Waals surface area contributed by atoms with E-state index in [9.17, 15) is 9.59 Å². The largest absolute Gasteiger partial charge is 0.402 e. The quantitative estimate of drug-likeness (QED) is 0.814. The minimum absolute atomic E-state index is 0.139. The SMILES string of the molecule is C[C@@H]1CC(N)=C(C2=NCCNC2=O)CN1C(=O)c1ccc(Cl)c(C#N)c1. The molecule has 0 radical (unpaired) electrons. The summed E-state index contributed by atoms with van der Waals surface area (Å²) in [6.07, 6.45) is 0.450. The molecule has 134 valence electrons. The fourth-order valence-corrected chi connectivity index (χ4v) is 3.27. The molecule has 2 amide bonds. The van der Waals surface area contributed by atoms with Gasteiger partial charge in [0.2, 0.25) is 0 Å². The van der Waals surface area contributed by atoms with Crippen molar-refractivity contribution >= 4 is 29.1 Å². The third-order valence-corrected chi connectivity index (χ3v) is 4.86. The first-order valence-corrected chi connectivity index (χ1v) is 8.61. The van der Waals surface area contributed by atoms with Gasteiger partial charge in [-0.2, -0.15) is 5.26 Å². The van der Waals surface area contributed by atoms with Crippen molar-refractivity contribution in [1.82, 2.24) is 10.2 Å². The van der Waals surface area contributed by atoms with Crippen molar-refractivity contribution in [3.05, 3.63) is 45.6 Å². The lowest BCUT2D eigenvalue weighted by Crippen LogP contribution is -2.48. The van der Waals surface area contributed by atoms with E-state index >= 15 is 0 Å². The Balaban J connectivity index is 1.91. The molecule has 0 spiro atoms. The predicted molar refractivity (Wildman–Crippen MR) is 97.8 cm³/mol. The maximum atomic E-state index is 13.0. The molecule has 1 aromatic carbocycles. The molecule has 0 saturated carbocycles. The number of nitriles is 1. The van der Waals surface area contributed by atoms with Gasteiger partial charge in [-0.05, 0) is 25.1 Å². The number of nitrogens with two attached hydrogens (primary N) is 1. The molecule has 0 aliphatic carbocycles. The topological polar surface area (TPSA) is 112 Å². The van der Waals surface area contributed by atoms with Crippen LogP contribution in [0.15, 0.2) is 34.5 Å². The molecule has 2 aliphatic heterocycles. The summed E-state index contributed by atoms with van der Waals surface area (Å²) >= 11 is 5.94. The predicted octanol–water partition coefficient (Wildman–Crippen LogP) is 1.23. The van der Waals surface area contributed by atoms with Gasteiger partial charge in [0.15, 0.2) is 0 Å². The van der Waals surface area contributed by atoms with Crippen LogP contribution < -0.4 is 11.1 Å². The van der Waals surface area contributed by atoms with Crippen LogP contribution in [-0.4, -0.2) is 48.1 Å². The smallest absolute Gasteiger partial charge is 0.269 e. The average Bonchev–Trinajstić information content (AvgIpc) is 2.62. The summed E-state index contributed by atoms with van der Waals surface area (Å²) in [5, 5.41) is 12.2. The van der Waals surface area contributed by atoms with Crippen molar-refractivity contribution in [1.29, 1.82) is 5.26 Å². The second kappa shape index (κ2) is 7.18. The zero-order valence-corrected chi connectivity index (χ0v) is 15.0. The number of halogens is 1. The summed E-state index contributed by atoms with van der Waals surface area (Å²) < 4.78 is 0. The van der Waals surface area contributed by atoms with Gasteiger partial charge in [0.05, 0.1) is 23.7 Å². The van der Waals surface area contributed by atoms with E-state index in [1.165, 1.54) is 12.1 Å². The van der Waals surface area contributed by atoms with E-state index in [0.717, 1.165) is 0 Å². The van der Waals surface area contributed by atoms with Gasteiger partial charge < -0.3 is 16.0 Å². The fraction of sp³-hybridized carbons (Fsp3) is 0.333. The van der Waals surface area contributed by atoms with Crippen LogP contribution in [0.1, 0.15) is 29.3 Å². The number of hydrogen-bond donors (Lipinski definition) is 2. The van der Waals surface area contributed by atoms with Gasteiger partial charge in [-0.3, -0.25) is 14.6 Å². The number of hydrogen-bond acceptors (Lipinski definition) is 5. The van der Waals surface area contributed by atoms with E-state index in [0.29, 0.717) is 47.1 Å². The molecular formula is C18H18ClN5O2. The van der Waals surface area contributed by atoms with Crippen molar-refractivity contribution in [3.63, 3.8) is 0 Å². The van der Waals surface area contributed by atoms with E-state index in [1.54, 1.807) is 11.0 Å². The number of aliphatic imine (C=N–C) groups is 1. The standard InChI is InChI=1S/C18H18ClN5O2/c1-10-6-15(21)13(16-17(25)23-5-4-22-16)9-24(10)18(26)11-2-3-14(19)12(7-11)8-20/h2-3,7,10H,4-6,9,21H2,1H3,(H,23,25)/t10-/m1/s1. The summed E-state index contributed by atoms with van der Waals surface area (Å²) in [5.74, 6) is -0.512. The number of carbonyl (C=O) groups is 2. The maximum absolute atomic E-state index is 13.0. The Morgan fingerprint density at radius 2 is 2.27 bits per heavy atom. The van der Waals surface area contributed by atoms with Crippen LogP contribution in [-0.2, 0) is 4.79 Å². The normalized spacial score (nSPS) is 20.3. The Kier molecular flexibility index (Phi) is 4.96. The Bertz CT molecular complexity index is 884. The Morgan fingerprint density at radius 3 is 2.96 bits per heavy atom. The maximum Gasteiger partial charge on any atom is 0.269 e. The fourth-order valence-electron chi connectivity index (χ4n) is 3.11. The molecule has 0 aromatic heterocycles. The van der Waals surface area contributed by atoms with Crippen molar-refractivity contribution in [3.8, 4) is 6.07 Å². The highest BCUT2D eigenvalue weighted by molar-refractivity contribution is 6.46. The molecule has 0 saturated heterocycles. The number of nitrogens with zero attached hydrogens (tertiary/aromatic N) is 3. The monoisotopic (exact) mass is 371 g/mol. The van der Waals surface area contributed by atoms with Crippen molar-refractivity contribution < 1.29 is 9.59 Å². The minimum atomic E-state index is -0.269. The van der Waals surface area contributed by atoms with E-state index in [1.807, 2.05) is 13.0 Å². The van der Waals surface area contributed by atoms with E-state index in [-0.39, 0.29) is 30.0 Å². The van der Waals surface area contributed by atoms with Crippen LogP contribution in [0, 0.1) is 11.3 Å². The number of nitrogens with one attached hydrogen (secondary N) is 1. The van der Waals surface area contributed by atoms with Gasteiger partial charge >= 0.3 is 0 Å². The summed E-state index contributed by atoms with van der Waals surface area (Å²) in [4.78, 5) is 31.0. The van der Waals surface area contributed by atoms with E-state index in [4.69, 9.17) is 22.6 Å². The van der Waals surface area contributed by atoms with Gasteiger partial charge in [0.25, 0.3) is 11.8 Å². The van der Waals surface area contributed by atoms with Crippen LogP contribution in [0.2, 0.25) is 5.02 Å². The van der Waals surface area contributed by atoms with Crippen LogP contribution in [0.5, 0.6) is 0 Å². The second-order valence-electron chi connectivity index (χ2n) is 6.28. The van der Waals surface area contributed by atoms with Crippen molar-refractivity contribution in [2.24, 2.45) is 10.7 Å². The molecule has 2 aliphatic rings. The highest BCUT2D eigenvalue weighted by Crippen LogP contribution is 2.25. The molecule has 3 N–H and O–H groups in total. The van der Waals surface area contributed by atoms with Crippen LogP contribution in [0.4, 0.5) is 0 Å². The summed E-state index contributed by atoms with van der Waals surface area (Å²) in [5.41, 5.74) is 8.22. The molecule has 1 atom stereocenters. The number of rotatable bonds is 2. The van der Waals surface area contributed by atoms with Gasteiger partial charge in [-0.25, -0.2) is 0 Å². The van der Waals surface area contributed by atoms with Crippen molar-refractivity contribution in [2.75, 3.05) is 19.6 Å². The van der Waals surface area contributed by atoms with Crippen molar-refractivity contribution in [2.45, 2.75) is 19.4 Å². The number of carbonyl (C=O) groups excluding carboxylic acids is 2. The van der Waals surface area contributed by atoms with Crippen LogP contribution in [0.25, 0.3) is 0 Å². The molecule has 0 bridgehead atoms. The molecule has 2 heterocycles. The first-order valence-electron chi connectivity index (χ1n) is 8.23. The van der Waals surface area contributed by atoms with E-state index < -0.39 is 0 Å². The first-order chi connectivity index (χ1) is 12.4. The lowest BCUT2D eigenvalue weighted by Gasteiger charge is -2.36. The van der Waals surface area contributed by atoms with Gasteiger partial charge in [0, 0.05) is 35.8 Å². The number of benzene rings is 1. The highest BCUT2D eigenvalue weighted by Gasteiger charge is 2.32. The van der Waals surface area contributed by atoms with Gasteiger partial charge in [-0.15, -0.1) is 0 Å². The third-order valence-electron chi connectivity index (χ3n) is 4.53. The van der Waals surface area contributed by atoms with Crippen LogP contribution >= 0.6 is 11.6 Å². The zero-order chi connectivity index (χ0) is 18.8. The molecule has 3 rings (SSSR count). The average molecular weight is 372 g/mol. The van der Waals surface area contributed by atoms with Crippen LogP contribution in [0.3, 0.4) is 0 Å². The highest BCUT2D eigenvalue weighted by atomic mass is 35.5. The molecule has 0 fully saturated rings. The molecular weight excluding hydrogens is 354 g/mol. The summed E-state index contributed by atoms with van der Waals surface area (Å²) in [6, 6.07) is 6.43. The first kappa shape index (κ1) is 18.0. The second-order valence-corrected chi connectivity index (χ2v) is 6.69. The molecule has 1 aromatic rings. The lowest BCUT2D eigenvalue weighted by atomic mass is 9.95. The summed E-state index contributed by atoms with van der Waals surface area (Å²) in [6.45, 7) is 3.08. The van der Waals surface area contributed by atoms with Gasteiger partial charge in [0.1, 0.15) is 11.8 Å². The van der Waals surface area contributed by atoms with Gasteiger partial charge in [-0.1, -0.05) is 11.6 Å². The molecule has 26 heavy (non-hydrogen) atoms. The molecule has 0 unspecified atom stereocenters. The Morgan fingerprint density at radius 1 is 1.50 bits per heavy atom. The third kappa shape index (κ3) is 3.28. The summed E-state index contributed by atoms with van der Waals surface area (Å²) in [7, 11) is 0.